The fourth-order valence-electron chi connectivity index (χ4n) is 0.923. The van der Waals surface area contributed by atoms with Crippen LogP contribution in [0.25, 0.3) is 0 Å². The minimum absolute atomic E-state index is 0. The molecule has 0 saturated heterocycles. The summed E-state index contributed by atoms with van der Waals surface area (Å²) in [5, 5.41) is 17.3. The molecule has 78 valence electrons. The molecule has 0 saturated carbocycles. The Balaban J connectivity index is 0.00000169. The van der Waals surface area contributed by atoms with Crippen LogP contribution in [0.4, 0.5) is 5.82 Å². The maximum atomic E-state index is 10.3. The van der Waals surface area contributed by atoms with Crippen LogP contribution in [-0.4, -0.2) is 20.3 Å². The molecule has 1 heterocycles. The Labute approximate surface area is 86.0 Å². The Morgan fingerprint density at radius 3 is 2.79 bits per heavy atom. The minimum atomic E-state index is -0.580. The molecular weight excluding hydrogens is 210 g/mol. The third-order valence-corrected chi connectivity index (χ3v) is 1.49. The van der Waals surface area contributed by atoms with Crippen molar-refractivity contribution in [3.8, 4) is 0 Å². The first-order chi connectivity index (χ1) is 6.00. The summed E-state index contributed by atoms with van der Waals surface area (Å²) in [7, 11) is 0. The molecule has 0 unspecified atom stereocenters. The highest BCUT2D eigenvalue weighted by molar-refractivity contribution is 5.85. The van der Waals surface area contributed by atoms with Crippen molar-refractivity contribution in [3.63, 3.8) is 0 Å². The smallest absolute Gasteiger partial charge is 0.381 e. The summed E-state index contributed by atoms with van der Waals surface area (Å²) in [5.74, 6) is 0.191. The van der Waals surface area contributed by atoms with E-state index in [1.807, 2.05) is 0 Å². The quantitative estimate of drug-likeness (QED) is 0.333. The lowest BCUT2D eigenvalue weighted by atomic mass is 10.5. The Morgan fingerprint density at radius 2 is 2.43 bits per heavy atom. The van der Waals surface area contributed by atoms with Crippen molar-refractivity contribution < 1.29 is 4.92 Å². The molecule has 1 rings (SSSR count). The number of halogens is 1. The third-order valence-electron chi connectivity index (χ3n) is 1.49. The normalized spacial score (nSPS) is 9.21. The van der Waals surface area contributed by atoms with E-state index < -0.39 is 4.92 Å². The molecule has 3 N–H and O–H groups in total. The molecule has 0 fully saturated rings. The molecule has 14 heavy (non-hydrogen) atoms. The number of nitrogens with zero attached hydrogens (tertiary/aromatic N) is 3. The van der Waals surface area contributed by atoms with Gasteiger partial charge < -0.3 is 20.4 Å². The topological polar surface area (TPSA) is 111 Å². The molecule has 7 nitrogen and oxygen atoms in total. The lowest BCUT2D eigenvalue weighted by molar-refractivity contribution is -0.389. The Hall–Kier alpha value is -1.63. The summed E-state index contributed by atoms with van der Waals surface area (Å²) in [6.45, 7) is 1.75. The van der Waals surface area contributed by atoms with Gasteiger partial charge in [-0.25, -0.2) is 0 Å². The van der Waals surface area contributed by atoms with Crippen LogP contribution in [0.15, 0.2) is 6.20 Å². The second kappa shape index (κ2) is 4.56. The van der Waals surface area contributed by atoms with E-state index >= 15 is 0 Å². The lowest BCUT2D eigenvalue weighted by Gasteiger charge is -1.97. The molecule has 0 atom stereocenters. The van der Waals surface area contributed by atoms with E-state index in [9.17, 15) is 10.1 Å². The monoisotopic (exact) mass is 219 g/mol. The zero-order valence-corrected chi connectivity index (χ0v) is 8.24. The molecule has 0 aromatic carbocycles. The molecule has 0 aliphatic rings. The number of aromatic nitrogens is 2. The van der Waals surface area contributed by atoms with Gasteiger partial charge in [0.2, 0.25) is 5.82 Å². The third kappa shape index (κ3) is 2.70. The largest absolute Gasteiger partial charge is 0.386 e. The van der Waals surface area contributed by atoms with Crippen LogP contribution in [0, 0.1) is 22.4 Å². The number of aryl methyl sites for hydroxylation is 1. The predicted molar refractivity (Wildman–Crippen MR) is 52.8 cm³/mol. The first-order valence-electron chi connectivity index (χ1n) is 3.51. The Morgan fingerprint density at radius 1 is 1.86 bits per heavy atom. The molecule has 0 aliphatic carbocycles. The number of nitrogens with two attached hydrogens (primary N) is 1. The van der Waals surface area contributed by atoms with Gasteiger partial charge in [-0.2, -0.15) is 0 Å². The fraction of sp³-hybridized carbons (Fsp3) is 0.333. The van der Waals surface area contributed by atoms with Gasteiger partial charge in [0.25, 0.3) is 0 Å². The molecule has 0 amide bonds. The first kappa shape index (κ1) is 12.4. The second-order valence-corrected chi connectivity index (χ2v) is 2.56. The summed E-state index contributed by atoms with van der Waals surface area (Å²) >= 11 is 0. The zero-order chi connectivity index (χ0) is 10.0. The minimum Gasteiger partial charge on any atom is -0.386 e. The summed E-state index contributed by atoms with van der Waals surface area (Å²) in [6, 6.07) is 0. The number of nitro groups is 1. The van der Waals surface area contributed by atoms with E-state index in [-0.39, 0.29) is 30.6 Å². The molecule has 0 aliphatic heterocycles. The predicted octanol–water partition coefficient (Wildman–Crippen LogP) is 0.457. The SMILES string of the molecule is Cc1nc([N+](=O)[O-])cn1CC(=N)N.Cl. The summed E-state index contributed by atoms with van der Waals surface area (Å²) in [6.07, 6.45) is 1.26. The van der Waals surface area contributed by atoms with Crippen LogP contribution in [0.1, 0.15) is 5.82 Å². The highest BCUT2D eigenvalue weighted by Gasteiger charge is 2.14. The maximum Gasteiger partial charge on any atom is 0.381 e. The van der Waals surface area contributed by atoms with Crippen LogP contribution in [-0.2, 0) is 6.54 Å². The first-order valence-corrected chi connectivity index (χ1v) is 3.51. The van der Waals surface area contributed by atoms with Gasteiger partial charge >= 0.3 is 5.82 Å². The van der Waals surface area contributed by atoms with Crippen LogP contribution in [0.3, 0.4) is 0 Å². The van der Waals surface area contributed by atoms with Crippen molar-refractivity contribution in [2.24, 2.45) is 5.73 Å². The van der Waals surface area contributed by atoms with E-state index in [0.717, 1.165) is 0 Å². The average Bonchev–Trinajstić information content (AvgIpc) is 2.31. The van der Waals surface area contributed by atoms with Crippen molar-refractivity contribution in [1.82, 2.24) is 9.55 Å². The van der Waals surface area contributed by atoms with Crippen molar-refractivity contribution >= 4 is 24.1 Å². The van der Waals surface area contributed by atoms with Crippen molar-refractivity contribution in [2.75, 3.05) is 0 Å². The van der Waals surface area contributed by atoms with Gasteiger partial charge in [-0.1, -0.05) is 0 Å². The summed E-state index contributed by atoms with van der Waals surface area (Å²) < 4.78 is 1.46. The highest BCUT2D eigenvalue weighted by atomic mass is 35.5. The molecule has 0 spiro atoms. The van der Waals surface area contributed by atoms with E-state index in [4.69, 9.17) is 11.1 Å². The molecule has 0 radical (unpaired) electrons. The number of amidine groups is 1. The average molecular weight is 220 g/mol. The number of hydrogen-bond donors (Lipinski definition) is 2. The van der Waals surface area contributed by atoms with Crippen molar-refractivity contribution in [2.45, 2.75) is 13.5 Å². The fourth-order valence-corrected chi connectivity index (χ4v) is 0.923. The highest BCUT2D eigenvalue weighted by Crippen LogP contribution is 2.09. The summed E-state index contributed by atoms with van der Waals surface area (Å²) in [4.78, 5) is 13.4. The molecular formula is C6H10ClN5O2. The van der Waals surface area contributed by atoms with E-state index in [1.54, 1.807) is 6.92 Å². The maximum absolute atomic E-state index is 10.3. The zero-order valence-electron chi connectivity index (χ0n) is 7.43. The number of nitrogens with one attached hydrogen (secondary N) is 1. The molecule has 0 bridgehead atoms. The van der Waals surface area contributed by atoms with E-state index in [0.29, 0.717) is 5.82 Å². The van der Waals surface area contributed by atoms with Gasteiger partial charge in [-0.15, -0.1) is 12.4 Å². The van der Waals surface area contributed by atoms with Gasteiger partial charge in [0, 0.05) is 6.92 Å². The summed E-state index contributed by atoms with van der Waals surface area (Å²) in [5.41, 5.74) is 5.14. The van der Waals surface area contributed by atoms with Gasteiger partial charge in [-0.3, -0.25) is 5.41 Å². The Bertz CT molecular complexity index is 361. The van der Waals surface area contributed by atoms with Gasteiger partial charge in [0.1, 0.15) is 12.0 Å². The number of imidazole rings is 1. The van der Waals surface area contributed by atoms with Crippen molar-refractivity contribution in [1.29, 1.82) is 5.41 Å². The van der Waals surface area contributed by atoms with Crippen LogP contribution >= 0.6 is 12.4 Å². The van der Waals surface area contributed by atoms with Crippen molar-refractivity contribution in [3.05, 3.63) is 22.1 Å². The van der Waals surface area contributed by atoms with Gasteiger partial charge in [-0.05, 0) is 9.91 Å². The standard InChI is InChI=1S/C6H9N5O2.ClH/c1-4-9-6(11(12)13)3-10(4)2-5(7)8;/h3H,2H2,1H3,(H3,7,8);1H. The molecule has 1 aromatic rings. The molecule has 1 aromatic heterocycles. The Kier molecular flexibility index (Phi) is 4.03. The van der Waals surface area contributed by atoms with Gasteiger partial charge in [0.05, 0.1) is 6.54 Å². The number of rotatable bonds is 3. The lowest BCUT2D eigenvalue weighted by Crippen LogP contribution is -2.18. The van der Waals surface area contributed by atoms with Gasteiger partial charge in [0.15, 0.2) is 0 Å². The van der Waals surface area contributed by atoms with E-state index in [2.05, 4.69) is 4.98 Å². The molecule has 8 heteroatoms. The van der Waals surface area contributed by atoms with Crippen LogP contribution < -0.4 is 5.73 Å². The van der Waals surface area contributed by atoms with Crippen LogP contribution in [0.2, 0.25) is 0 Å². The van der Waals surface area contributed by atoms with E-state index in [1.165, 1.54) is 10.8 Å². The second-order valence-electron chi connectivity index (χ2n) is 2.56. The van der Waals surface area contributed by atoms with Crippen LogP contribution in [0.5, 0.6) is 0 Å². The number of hydrogen-bond acceptors (Lipinski definition) is 4.